The normalized spacial score (nSPS) is 17.8. The fraction of sp³-hybridized carbons (Fsp3) is 1.00. The molecule has 0 aromatic carbocycles. The van der Waals surface area contributed by atoms with Gasteiger partial charge in [-0.3, -0.25) is 4.57 Å². The van der Waals surface area contributed by atoms with Gasteiger partial charge in [-0.25, -0.2) is 0 Å². The lowest BCUT2D eigenvalue weighted by molar-refractivity contribution is 0.216. The fourth-order valence-corrected chi connectivity index (χ4v) is 1.37. The standard InChI is InChI=1S/C4H11O3P.Al/c1-4(2)7-8(3,5)6;/h4H,1-3H3,(H,5,6);/q;+1/p-1. The minimum atomic E-state index is -2.77. The number of rotatable bonds is 3. The van der Waals surface area contributed by atoms with Gasteiger partial charge in [-0.2, -0.15) is 0 Å². The average molecular weight is 164 g/mol. The molecule has 0 rings (SSSR count). The average Bonchev–Trinajstić information content (AvgIpc) is 1.63. The highest BCUT2D eigenvalue weighted by atomic mass is 31.2. The number of hydrogen-bond acceptors (Lipinski definition) is 3. The van der Waals surface area contributed by atoms with Crippen molar-refractivity contribution in [2.45, 2.75) is 20.0 Å². The van der Waals surface area contributed by atoms with Crippen molar-refractivity contribution in [1.29, 1.82) is 0 Å². The molecule has 0 bridgehead atoms. The summed E-state index contributed by atoms with van der Waals surface area (Å²) >= 11 is 1.93. The summed E-state index contributed by atoms with van der Waals surface area (Å²) in [5, 5.41) is 0. The van der Waals surface area contributed by atoms with Gasteiger partial charge in [0.15, 0.2) is 0 Å². The van der Waals surface area contributed by atoms with Crippen LogP contribution in [-0.4, -0.2) is 29.4 Å². The molecule has 0 aromatic heterocycles. The first-order valence-corrected chi connectivity index (χ1v) is 5.08. The van der Waals surface area contributed by atoms with Gasteiger partial charge in [0.05, 0.1) is 6.10 Å². The molecule has 0 saturated heterocycles. The van der Waals surface area contributed by atoms with Crippen LogP contribution in [0.3, 0.4) is 0 Å². The van der Waals surface area contributed by atoms with Gasteiger partial charge in [0, 0.05) is 6.66 Å². The smallest absolute Gasteiger partial charge is 0.385 e. The summed E-state index contributed by atoms with van der Waals surface area (Å²) in [4.78, 5) is 0. The minimum absolute atomic E-state index is 0.0543. The Morgan fingerprint density at radius 3 is 2.11 bits per heavy atom. The third-order valence-corrected chi connectivity index (χ3v) is 2.93. The maximum Gasteiger partial charge on any atom is 0.385 e. The highest BCUT2D eigenvalue weighted by molar-refractivity contribution is 7.53. The van der Waals surface area contributed by atoms with Crippen LogP contribution < -0.4 is 0 Å². The summed E-state index contributed by atoms with van der Waals surface area (Å²) in [7, 11) is -2.77. The topological polar surface area (TPSA) is 35.5 Å². The van der Waals surface area contributed by atoms with Crippen molar-refractivity contribution < 1.29 is 12.7 Å². The summed E-state index contributed by atoms with van der Waals surface area (Å²) in [6.07, 6.45) is -0.0543. The second kappa shape index (κ2) is 3.75. The van der Waals surface area contributed by atoms with E-state index in [1.807, 2.05) is 16.6 Å². The largest absolute Gasteiger partial charge is 0.456 e. The van der Waals surface area contributed by atoms with Crippen LogP contribution in [0.1, 0.15) is 13.8 Å². The van der Waals surface area contributed by atoms with Gasteiger partial charge in [-0.1, -0.05) is 0 Å². The van der Waals surface area contributed by atoms with Gasteiger partial charge in [0.25, 0.3) is 7.60 Å². The van der Waals surface area contributed by atoms with Crippen molar-refractivity contribution in [3.63, 3.8) is 0 Å². The summed E-state index contributed by atoms with van der Waals surface area (Å²) in [5.41, 5.74) is 0. The lowest BCUT2D eigenvalue weighted by Gasteiger charge is -2.15. The Morgan fingerprint density at radius 1 is 1.56 bits per heavy atom. The maximum absolute atomic E-state index is 10.9. The summed E-state index contributed by atoms with van der Waals surface area (Å²) in [6, 6.07) is 0. The van der Waals surface area contributed by atoms with Gasteiger partial charge in [-0.05, 0) is 13.8 Å². The fourth-order valence-electron chi connectivity index (χ4n) is 0.408. The van der Waals surface area contributed by atoms with Crippen LogP contribution in [0.4, 0.5) is 0 Å². The summed E-state index contributed by atoms with van der Waals surface area (Å²) in [5.74, 6) is 0. The van der Waals surface area contributed by atoms with E-state index in [-0.39, 0.29) is 6.10 Å². The van der Waals surface area contributed by atoms with E-state index in [1.165, 1.54) is 6.66 Å². The monoisotopic (exact) mass is 164 g/mol. The van der Waals surface area contributed by atoms with E-state index in [0.717, 1.165) is 0 Å². The van der Waals surface area contributed by atoms with Gasteiger partial charge in [0.1, 0.15) is 0 Å². The van der Waals surface area contributed by atoms with E-state index in [0.29, 0.717) is 0 Å². The van der Waals surface area contributed by atoms with Gasteiger partial charge in [-0.15, -0.1) is 0 Å². The lowest BCUT2D eigenvalue weighted by Crippen LogP contribution is -2.00. The molecule has 0 saturated carbocycles. The molecule has 0 N–H and O–H groups in total. The van der Waals surface area contributed by atoms with E-state index in [2.05, 4.69) is 3.58 Å². The maximum atomic E-state index is 10.9. The molecule has 1 atom stereocenters. The Balaban J connectivity index is 3.73. The molecule has 0 spiro atoms. The number of hydrogen-bond donors (Lipinski definition) is 0. The molecule has 0 aliphatic rings. The van der Waals surface area contributed by atoms with E-state index in [1.54, 1.807) is 13.8 Å². The molecule has 1 unspecified atom stereocenters. The van der Waals surface area contributed by atoms with Crippen LogP contribution in [0.25, 0.3) is 0 Å². The van der Waals surface area contributed by atoms with Crippen molar-refractivity contribution >= 4 is 24.2 Å². The Labute approximate surface area is 64.0 Å². The molecule has 0 aliphatic heterocycles. The second-order valence-corrected chi connectivity index (χ2v) is 4.63. The molecule has 0 aliphatic carbocycles. The first kappa shape index (κ1) is 9.68. The van der Waals surface area contributed by atoms with E-state index < -0.39 is 7.60 Å². The molecule has 0 amide bonds. The van der Waals surface area contributed by atoms with Crippen molar-refractivity contribution in [3.8, 4) is 0 Å². The predicted octanol–water partition coefficient (Wildman–Crippen LogP) is 1.33. The molecule has 0 fully saturated rings. The molecular weight excluding hydrogens is 154 g/mol. The van der Waals surface area contributed by atoms with Crippen molar-refractivity contribution in [2.75, 3.05) is 6.66 Å². The Morgan fingerprint density at radius 2 is 2.00 bits per heavy atom. The van der Waals surface area contributed by atoms with E-state index in [4.69, 9.17) is 4.52 Å². The molecular formula is C4H10AlO3P. The van der Waals surface area contributed by atoms with Crippen LogP contribution in [0.5, 0.6) is 0 Å². The van der Waals surface area contributed by atoms with Crippen LogP contribution in [0, 0.1) is 0 Å². The van der Waals surface area contributed by atoms with Crippen molar-refractivity contribution in [1.82, 2.24) is 0 Å². The van der Waals surface area contributed by atoms with Gasteiger partial charge < -0.3 is 8.10 Å². The highest BCUT2D eigenvalue weighted by Crippen LogP contribution is 2.43. The third kappa shape index (κ3) is 5.14. The molecule has 9 heavy (non-hydrogen) atoms. The van der Waals surface area contributed by atoms with Crippen LogP contribution >= 0.6 is 7.60 Å². The zero-order chi connectivity index (χ0) is 7.49. The summed E-state index contributed by atoms with van der Waals surface area (Å²) < 4.78 is 20.3. The van der Waals surface area contributed by atoms with Crippen molar-refractivity contribution in [2.24, 2.45) is 0 Å². The Kier molecular flexibility index (Phi) is 4.04. The SMILES string of the molecule is CC(C)OP(C)(=O)[O][Al]. The molecule has 3 nitrogen and oxygen atoms in total. The minimum Gasteiger partial charge on any atom is -0.456 e. The van der Waals surface area contributed by atoms with Crippen LogP contribution in [0.15, 0.2) is 0 Å². The molecule has 0 heterocycles. The van der Waals surface area contributed by atoms with Gasteiger partial charge in [0.2, 0.25) is 0 Å². The van der Waals surface area contributed by atoms with E-state index >= 15 is 0 Å². The van der Waals surface area contributed by atoms with Crippen LogP contribution in [-0.2, 0) is 12.7 Å². The van der Waals surface area contributed by atoms with Crippen LogP contribution in [0.2, 0.25) is 0 Å². The first-order chi connectivity index (χ1) is 3.98. The van der Waals surface area contributed by atoms with Crippen molar-refractivity contribution in [3.05, 3.63) is 0 Å². The van der Waals surface area contributed by atoms with E-state index in [9.17, 15) is 4.57 Å². The predicted molar refractivity (Wildman–Crippen MR) is 36.6 cm³/mol. The summed E-state index contributed by atoms with van der Waals surface area (Å²) in [6.45, 7) is 5.04. The molecule has 2 radical (unpaired) electrons. The molecule has 0 aromatic rings. The Bertz CT molecular complexity index is 125. The molecule has 5 heteroatoms. The first-order valence-electron chi connectivity index (χ1n) is 2.62. The zero-order valence-corrected chi connectivity index (χ0v) is 7.88. The lowest BCUT2D eigenvalue weighted by atomic mass is 10.5. The third-order valence-electron chi connectivity index (χ3n) is 0.594. The second-order valence-electron chi connectivity index (χ2n) is 2.03. The zero-order valence-electron chi connectivity index (χ0n) is 5.83. The Hall–Kier alpha value is 0.682. The quantitative estimate of drug-likeness (QED) is 0.466. The highest BCUT2D eigenvalue weighted by Gasteiger charge is 2.13. The van der Waals surface area contributed by atoms with Gasteiger partial charge >= 0.3 is 16.6 Å². The molecule has 52 valence electrons.